The first kappa shape index (κ1) is 17.9. The second-order valence-corrected chi connectivity index (χ2v) is 6.44. The van der Waals surface area contributed by atoms with Crippen LogP contribution in [0.5, 0.6) is 5.75 Å². The van der Waals surface area contributed by atoms with E-state index in [-0.39, 0.29) is 0 Å². The third-order valence-corrected chi connectivity index (χ3v) is 4.44. The highest BCUT2D eigenvalue weighted by Crippen LogP contribution is 2.31. The Kier molecular flexibility index (Phi) is 5.12. The highest BCUT2D eigenvalue weighted by molar-refractivity contribution is 5.55. The van der Waals surface area contributed by atoms with Crippen LogP contribution in [0.15, 0.2) is 78.9 Å². The Balaban J connectivity index is 1.53. The van der Waals surface area contributed by atoms with Gasteiger partial charge < -0.3 is 9.84 Å². The third-order valence-electron chi connectivity index (χ3n) is 4.44. The summed E-state index contributed by atoms with van der Waals surface area (Å²) in [4.78, 5) is 1.42. The molecule has 4 aromatic rings. The lowest BCUT2D eigenvalue weighted by Gasteiger charge is -2.17. The molecule has 1 atom stereocenters. The van der Waals surface area contributed by atoms with Gasteiger partial charge in [0.1, 0.15) is 18.5 Å². The van der Waals surface area contributed by atoms with Crippen molar-refractivity contribution in [1.29, 1.82) is 0 Å². The first-order valence-corrected chi connectivity index (χ1v) is 8.99. The van der Waals surface area contributed by atoms with Crippen LogP contribution in [0.1, 0.15) is 22.8 Å². The van der Waals surface area contributed by atoms with E-state index in [1.54, 1.807) is 7.05 Å². The molecule has 0 spiro atoms. The molecule has 1 heterocycles. The number of rotatable bonds is 6. The molecule has 1 aromatic heterocycles. The first-order chi connectivity index (χ1) is 13.7. The summed E-state index contributed by atoms with van der Waals surface area (Å²) in [6.45, 7) is 0.446. The highest BCUT2D eigenvalue weighted by atomic mass is 16.5. The second kappa shape index (κ2) is 8.02. The summed E-state index contributed by atoms with van der Waals surface area (Å²) in [5.74, 6) is 1.22. The van der Waals surface area contributed by atoms with Crippen LogP contribution >= 0.6 is 0 Å². The van der Waals surface area contributed by atoms with Gasteiger partial charge in [0.05, 0.1) is 7.05 Å². The van der Waals surface area contributed by atoms with Crippen molar-refractivity contribution < 1.29 is 9.84 Å². The van der Waals surface area contributed by atoms with Crippen LogP contribution in [0.3, 0.4) is 0 Å². The summed E-state index contributed by atoms with van der Waals surface area (Å²) >= 11 is 0. The normalized spacial score (nSPS) is 11.9. The Morgan fingerprint density at radius 1 is 0.929 bits per heavy atom. The fourth-order valence-electron chi connectivity index (χ4n) is 2.97. The Morgan fingerprint density at radius 3 is 2.36 bits per heavy atom. The minimum atomic E-state index is -0.796. The zero-order chi connectivity index (χ0) is 19.3. The molecule has 1 N–H and O–H groups in total. The number of aliphatic hydroxyl groups excluding tert-OH is 1. The van der Waals surface area contributed by atoms with Crippen LogP contribution in [-0.2, 0) is 13.7 Å². The van der Waals surface area contributed by atoms with E-state index in [9.17, 15) is 5.11 Å². The minimum absolute atomic E-state index is 0.446. The van der Waals surface area contributed by atoms with Crippen molar-refractivity contribution in [1.82, 2.24) is 20.2 Å². The molecule has 0 aliphatic carbocycles. The van der Waals surface area contributed by atoms with Crippen molar-refractivity contribution in [2.45, 2.75) is 12.7 Å². The van der Waals surface area contributed by atoms with Gasteiger partial charge in [-0.1, -0.05) is 72.8 Å². The number of ether oxygens (including phenoxy) is 1. The van der Waals surface area contributed by atoms with Crippen molar-refractivity contribution in [3.63, 3.8) is 0 Å². The predicted octanol–water partition coefficient (Wildman–Crippen LogP) is 3.54. The number of nitrogens with zero attached hydrogens (tertiary/aromatic N) is 4. The number of hydrogen-bond donors (Lipinski definition) is 1. The number of tetrazole rings is 1. The predicted molar refractivity (Wildman–Crippen MR) is 106 cm³/mol. The van der Waals surface area contributed by atoms with Crippen LogP contribution in [0.2, 0.25) is 0 Å². The van der Waals surface area contributed by atoms with Gasteiger partial charge in [-0.15, -0.1) is 10.2 Å². The van der Waals surface area contributed by atoms with E-state index in [0.29, 0.717) is 18.2 Å². The van der Waals surface area contributed by atoms with Crippen molar-refractivity contribution >= 4 is 0 Å². The molecule has 0 aliphatic heterocycles. The van der Waals surface area contributed by atoms with Crippen molar-refractivity contribution in [3.05, 3.63) is 95.6 Å². The number of aryl methyl sites for hydroxylation is 1. The number of aliphatic hydroxyl groups is 1. The molecule has 0 amide bonds. The Labute approximate surface area is 163 Å². The zero-order valence-electron chi connectivity index (χ0n) is 15.4. The molecule has 6 heteroatoms. The maximum atomic E-state index is 10.9. The Bertz CT molecular complexity index is 1050. The van der Waals surface area contributed by atoms with Gasteiger partial charge in [0.25, 0.3) is 0 Å². The summed E-state index contributed by atoms with van der Waals surface area (Å²) in [6.07, 6.45) is -0.796. The summed E-state index contributed by atoms with van der Waals surface area (Å²) in [5, 5.41) is 23.0. The van der Waals surface area contributed by atoms with E-state index in [4.69, 9.17) is 4.74 Å². The second-order valence-electron chi connectivity index (χ2n) is 6.44. The lowest BCUT2D eigenvalue weighted by Crippen LogP contribution is -2.04. The maximum Gasteiger partial charge on any atom is 0.204 e. The zero-order valence-corrected chi connectivity index (χ0v) is 15.4. The van der Waals surface area contributed by atoms with E-state index in [0.717, 1.165) is 22.3 Å². The van der Waals surface area contributed by atoms with E-state index in [1.807, 2.05) is 78.9 Å². The third kappa shape index (κ3) is 3.92. The monoisotopic (exact) mass is 372 g/mol. The van der Waals surface area contributed by atoms with Crippen molar-refractivity contribution in [2.24, 2.45) is 7.05 Å². The lowest BCUT2D eigenvalue weighted by atomic mass is 9.99. The molecule has 0 saturated carbocycles. The number of aromatic nitrogens is 4. The number of hydrogen-bond acceptors (Lipinski definition) is 5. The van der Waals surface area contributed by atoms with Gasteiger partial charge in [-0.2, -0.15) is 4.80 Å². The molecular weight excluding hydrogens is 352 g/mol. The molecule has 3 aromatic carbocycles. The van der Waals surface area contributed by atoms with Crippen molar-refractivity contribution in [3.8, 4) is 17.1 Å². The van der Waals surface area contributed by atoms with Gasteiger partial charge in [-0.25, -0.2) is 0 Å². The molecule has 140 valence electrons. The van der Waals surface area contributed by atoms with E-state index >= 15 is 0 Å². The summed E-state index contributed by atoms with van der Waals surface area (Å²) in [7, 11) is 1.72. The molecule has 0 bridgehead atoms. The lowest BCUT2D eigenvalue weighted by molar-refractivity contribution is 0.209. The fraction of sp³-hybridized carbons (Fsp3) is 0.136. The topological polar surface area (TPSA) is 73.1 Å². The molecule has 28 heavy (non-hydrogen) atoms. The number of benzene rings is 3. The molecule has 0 radical (unpaired) electrons. The molecule has 0 fully saturated rings. The average Bonchev–Trinajstić information content (AvgIpc) is 3.19. The van der Waals surface area contributed by atoms with E-state index < -0.39 is 6.10 Å². The van der Waals surface area contributed by atoms with Gasteiger partial charge in [-0.05, 0) is 22.4 Å². The van der Waals surface area contributed by atoms with E-state index in [2.05, 4.69) is 15.4 Å². The summed E-state index contributed by atoms with van der Waals surface area (Å²) in [5.41, 5.74) is 3.41. The summed E-state index contributed by atoms with van der Waals surface area (Å²) in [6, 6.07) is 25.0. The van der Waals surface area contributed by atoms with Crippen LogP contribution < -0.4 is 4.74 Å². The average molecular weight is 372 g/mol. The van der Waals surface area contributed by atoms with E-state index in [1.165, 1.54) is 4.80 Å². The van der Waals surface area contributed by atoms with Gasteiger partial charge in [0, 0.05) is 11.1 Å². The maximum absolute atomic E-state index is 10.9. The van der Waals surface area contributed by atoms with Crippen LogP contribution in [0.25, 0.3) is 11.4 Å². The molecule has 1 unspecified atom stereocenters. The summed E-state index contributed by atoms with van der Waals surface area (Å²) < 4.78 is 5.97. The SMILES string of the molecule is Cn1nnc(-c2ccc(C(O)c3ccccc3OCc3ccccc3)cc2)n1. The van der Waals surface area contributed by atoms with Gasteiger partial charge in [0.2, 0.25) is 5.82 Å². The smallest absolute Gasteiger partial charge is 0.204 e. The van der Waals surface area contributed by atoms with Crippen LogP contribution in [0, 0.1) is 0 Å². The van der Waals surface area contributed by atoms with Gasteiger partial charge in [-0.3, -0.25) is 0 Å². The van der Waals surface area contributed by atoms with Gasteiger partial charge in [0.15, 0.2) is 0 Å². The quantitative estimate of drug-likeness (QED) is 0.560. The minimum Gasteiger partial charge on any atom is -0.489 e. The molecule has 0 aliphatic rings. The first-order valence-electron chi connectivity index (χ1n) is 8.99. The van der Waals surface area contributed by atoms with Crippen molar-refractivity contribution in [2.75, 3.05) is 0 Å². The Morgan fingerprint density at radius 2 is 1.64 bits per heavy atom. The molecule has 6 nitrogen and oxygen atoms in total. The standard InChI is InChI=1S/C22H20N4O2/c1-26-24-22(23-25-26)18-13-11-17(12-14-18)21(27)19-9-5-6-10-20(19)28-15-16-7-3-2-4-8-16/h2-14,21,27H,15H2,1H3. The molecule has 0 saturated heterocycles. The Hall–Kier alpha value is -3.51. The fourth-order valence-corrected chi connectivity index (χ4v) is 2.97. The van der Waals surface area contributed by atoms with Crippen LogP contribution in [0.4, 0.5) is 0 Å². The highest BCUT2D eigenvalue weighted by Gasteiger charge is 2.16. The van der Waals surface area contributed by atoms with Gasteiger partial charge >= 0.3 is 0 Å². The number of para-hydroxylation sites is 1. The van der Waals surface area contributed by atoms with Crippen LogP contribution in [-0.4, -0.2) is 25.3 Å². The molecular formula is C22H20N4O2. The molecule has 4 rings (SSSR count). The largest absolute Gasteiger partial charge is 0.489 e.